The lowest BCUT2D eigenvalue weighted by atomic mass is 9.70. The Balaban J connectivity index is 1.38. The number of carboxylic acids is 1. The fourth-order valence-corrected chi connectivity index (χ4v) is 6.06. The number of hydrogen-bond donors (Lipinski definition) is 3. The largest absolute Gasteiger partial charge is 0.573 e. The molecule has 1 amide bonds. The molecule has 1 aliphatic rings. The molecule has 2 atom stereocenters. The van der Waals surface area contributed by atoms with Crippen molar-refractivity contribution < 1.29 is 37.3 Å². The number of carboxylic acid groups (broad SMARTS) is 1. The van der Waals surface area contributed by atoms with Gasteiger partial charge in [0.25, 0.3) is 5.91 Å². The summed E-state index contributed by atoms with van der Waals surface area (Å²) in [6.45, 7) is 6.41. The molecule has 0 spiro atoms. The van der Waals surface area contributed by atoms with Crippen molar-refractivity contribution in [3.8, 4) is 11.5 Å². The maximum atomic E-state index is 12.6. The highest BCUT2D eigenvalue weighted by atomic mass is 19.4. The SMILES string of the molecule is CC1CC(n2c(Nc3ccc(OC(F)(F)F)cc3)nc3cc(OCC(=O)Nc4cccc(C(=O)O)c4)ccc32)CC(C)(C)C1. The van der Waals surface area contributed by atoms with Gasteiger partial charge in [-0.3, -0.25) is 4.79 Å². The molecular formula is C32H33F3N4O5. The number of fused-ring (bicyclic) bond motifs is 1. The molecule has 0 radical (unpaired) electrons. The highest BCUT2D eigenvalue weighted by Gasteiger charge is 2.35. The molecule has 2 unspecified atom stereocenters. The molecule has 1 fully saturated rings. The van der Waals surface area contributed by atoms with Crippen LogP contribution < -0.4 is 20.1 Å². The summed E-state index contributed by atoms with van der Waals surface area (Å²) in [5, 5.41) is 15.1. The van der Waals surface area contributed by atoms with Crippen molar-refractivity contribution >= 4 is 40.2 Å². The third-order valence-electron chi connectivity index (χ3n) is 7.50. The Morgan fingerprint density at radius 2 is 1.75 bits per heavy atom. The first-order chi connectivity index (χ1) is 20.7. The second kappa shape index (κ2) is 12.1. The van der Waals surface area contributed by atoms with Gasteiger partial charge in [0.2, 0.25) is 5.95 Å². The summed E-state index contributed by atoms with van der Waals surface area (Å²) in [4.78, 5) is 28.5. The summed E-state index contributed by atoms with van der Waals surface area (Å²) in [5.41, 5.74) is 2.50. The molecule has 44 heavy (non-hydrogen) atoms. The number of nitrogens with one attached hydrogen (secondary N) is 2. The first-order valence-electron chi connectivity index (χ1n) is 14.2. The van der Waals surface area contributed by atoms with Gasteiger partial charge in [-0.2, -0.15) is 0 Å². The van der Waals surface area contributed by atoms with Crippen molar-refractivity contribution in [1.82, 2.24) is 9.55 Å². The third-order valence-corrected chi connectivity index (χ3v) is 7.50. The van der Waals surface area contributed by atoms with Gasteiger partial charge in [-0.1, -0.05) is 26.8 Å². The maximum absolute atomic E-state index is 12.6. The zero-order valence-corrected chi connectivity index (χ0v) is 24.4. The summed E-state index contributed by atoms with van der Waals surface area (Å²) in [6, 6.07) is 16.9. The fourth-order valence-electron chi connectivity index (χ4n) is 6.06. The van der Waals surface area contributed by atoms with Crippen LogP contribution in [-0.4, -0.2) is 39.5 Å². The normalized spacial score (nSPS) is 18.0. The monoisotopic (exact) mass is 610 g/mol. The summed E-state index contributed by atoms with van der Waals surface area (Å²) >= 11 is 0. The van der Waals surface area contributed by atoms with E-state index in [4.69, 9.17) is 14.8 Å². The average molecular weight is 611 g/mol. The van der Waals surface area contributed by atoms with Gasteiger partial charge in [0, 0.05) is 23.5 Å². The number of carbonyl (C=O) groups is 2. The number of benzene rings is 3. The van der Waals surface area contributed by atoms with E-state index < -0.39 is 18.2 Å². The number of ether oxygens (including phenoxy) is 2. The predicted molar refractivity (Wildman–Crippen MR) is 159 cm³/mol. The lowest BCUT2D eigenvalue weighted by molar-refractivity contribution is -0.274. The van der Waals surface area contributed by atoms with E-state index in [-0.39, 0.29) is 29.4 Å². The zero-order valence-electron chi connectivity index (χ0n) is 24.4. The van der Waals surface area contributed by atoms with Gasteiger partial charge in [0.05, 0.1) is 16.6 Å². The number of anilines is 3. The highest BCUT2D eigenvalue weighted by Crippen LogP contribution is 2.46. The van der Waals surface area contributed by atoms with E-state index in [1.165, 1.54) is 42.5 Å². The minimum absolute atomic E-state index is 0.0514. The van der Waals surface area contributed by atoms with Crippen LogP contribution in [0.1, 0.15) is 56.4 Å². The lowest BCUT2D eigenvalue weighted by Crippen LogP contribution is -2.29. The molecule has 9 nitrogen and oxygen atoms in total. The zero-order chi connectivity index (χ0) is 31.6. The second-order valence-corrected chi connectivity index (χ2v) is 11.9. The molecule has 4 aromatic rings. The smallest absolute Gasteiger partial charge is 0.484 e. The number of amides is 1. The van der Waals surface area contributed by atoms with Gasteiger partial charge < -0.3 is 29.8 Å². The Morgan fingerprint density at radius 1 is 1.02 bits per heavy atom. The van der Waals surface area contributed by atoms with Gasteiger partial charge in [-0.05, 0) is 85.2 Å². The number of carbonyl (C=O) groups excluding carboxylic acids is 1. The number of alkyl halides is 3. The number of imidazole rings is 1. The van der Waals surface area contributed by atoms with E-state index in [0.29, 0.717) is 34.5 Å². The van der Waals surface area contributed by atoms with Crippen LogP contribution in [0.15, 0.2) is 66.7 Å². The van der Waals surface area contributed by atoms with Crippen LogP contribution in [0.25, 0.3) is 11.0 Å². The Kier molecular flexibility index (Phi) is 8.44. The Bertz CT molecular complexity index is 1670. The van der Waals surface area contributed by atoms with Crippen LogP contribution >= 0.6 is 0 Å². The first kappa shape index (κ1) is 30.7. The molecule has 0 saturated heterocycles. The van der Waals surface area contributed by atoms with Crippen molar-refractivity contribution in [3.63, 3.8) is 0 Å². The predicted octanol–water partition coefficient (Wildman–Crippen LogP) is 7.78. The van der Waals surface area contributed by atoms with Gasteiger partial charge in [-0.15, -0.1) is 13.2 Å². The molecule has 3 N–H and O–H groups in total. The molecule has 12 heteroatoms. The minimum Gasteiger partial charge on any atom is -0.484 e. The lowest BCUT2D eigenvalue weighted by Gasteiger charge is -2.40. The standard InChI is InChI=1S/C32H33F3N4O5/c1-19-13-23(17-31(2,3)16-19)39-27-12-11-25(43-18-28(40)36-22-6-4-5-20(14-22)29(41)42)15-26(27)38-30(39)37-21-7-9-24(10-8-21)44-32(33,34)35/h4-12,14-15,19,23H,13,16-18H2,1-3H3,(H,36,40)(H,37,38)(H,41,42). The van der Waals surface area contributed by atoms with Crippen LogP contribution in [0, 0.1) is 11.3 Å². The van der Waals surface area contributed by atoms with Gasteiger partial charge >= 0.3 is 12.3 Å². The molecule has 1 heterocycles. The van der Waals surface area contributed by atoms with Crippen molar-refractivity contribution in [2.75, 3.05) is 17.2 Å². The Hall–Kier alpha value is -4.74. The maximum Gasteiger partial charge on any atom is 0.573 e. The van der Waals surface area contributed by atoms with Gasteiger partial charge in [-0.25, -0.2) is 9.78 Å². The number of nitrogens with zero attached hydrogens (tertiary/aromatic N) is 2. The molecule has 1 saturated carbocycles. The Morgan fingerprint density at radius 3 is 2.43 bits per heavy atom. The molecule has 1 aromatic heterocycles. The molecule has 232 valence electrons. The van der Waals surface area contributed by atoms with E-state index in [2.05, 4.69) is 40.7 Å². The van der Waals surface area contributed by atoms with E-state index in [9.17, 15) is 22.8 Å². The van der Waals surface area contributed by atoms with Crippen LogP contribution in [-0.2, 0) is 4.79 Å². The fraction of sp³-hybridized carbons (Fsp3) is 0.344. The molecule has 1 aliphatic carbocycles. The summed E-state index contributed by atoms with van der Waals surface area (Å²) in [5.74, 6) is -0.457. The summed E-state index contributed by atoms with van der Waals surface area (Å²) in [7, 11) is 0. The quantitative estimate of drug-likeness (QED) is 0.177. The van der Waals surface area contributed by atoms with Crippen LogP contribution in [0.4, 0.5) is 30.5 Å². The topological polar surface area (TPSA) is 115 Å². The molecule has 0 aliphatic heterocycles. The van der Waals surface area contributed by atoms with Crippen molar-refractivity contribution in [2.45, 2.75) is 52.4 Å². The number of rotatable bonds is 9. The Labute approximate surface area is 252 Å². The van der Waals surface area contributed by atoms with Crippen LogP contribution in [0.2, 0.25) is 0 Å². The van der Waals surface area contributed by atoms with Crippen LogP contribution in [0.3, 0.4) is 0 Å². The van der Waals surface area contributed by atoms with E-state index in [1.807, 2.05) is 6.07 Å². The summed E-state index contributed by atoms with van der Waals surface area (Å²) < 4.78 is 49.8. The highest BCUT2D eigenvalue weighted by molar-refractivity contribution is 5.94. The average Bonchev–Trinajstić information content (AvgIpc) is 3.28. The molecule has 3 aromatic carbocycles. The first-order valence-corrected chi connectivity index (χ1v) is 14.2. The van der Waals surface area contributed by atoms with E-state index in [1.54, 1.807) is 18.2 Å². The van der Waals surface area contributed by atoms with Gasteiger partial charge in [0.15, 0.2) is 6.61 Å². The molecular weight excluding hydrogens is 577 g/mol. The van der Waals surface area contributed by atoms with E-state index >= 15 is 0 Å². The van der Waals surface area contributed by atoms with Crippen LogP contribution in [0.5, 0.6) is 11.5 Å². The minimum atomic E-state index is -4.78. The number of halogens is 3. The van der Waals surface area contributed by atoms with Crippen molar-refractivity contribution in [2.24, 2.45) is 11.3 Å². The molecule has 0 bridgehead atoms. The van der Waals surface area contributed by atoms with Crippen molar-refractivity contribution in [3.05, 3.63) is 72.3 Å². The van der Waals surface area contributed by atoms with Crippen molar-refractivity contribution in [1.29, 1.82) is 0 Å². The third kappa shape index (κ3) is 7.61. The van der Waals surface area contributed by atoms with Gasteiger partial charge in [0.1, 0.15) is 11.5 Å². The second-order valence-electron chi connectivity index (χ2n) is 11.9. The summed E-state index contributed by atoms with van der Waals surface area (Å²) in [6.07, 6.45) is -1.83. The number of aromatic nitrogens is 2. The molecule has 5 rings (SSSR count). The number of hydrogen-bond acceptors (Lipinski definition) is 6. The number of aromatic carboxylic acids is 1. The van der Waals surface area contributed by atoms with E-state index in [0.717, 1.165) is 24.8 Å².